The normalized spacial score (nSPS) is 11.0. The molecule has 0 unspecified atom stereocenters. The molecule has 0 saturated carbocycles. The van der Waals surface area contributed by atoms with Gasteiger partial charge >= 0.3 is 0 Å². The maximum absolute atomic E-state index is 5.97. The highest BCUT2D eigenvalue weighted by Gasteiger charge is 2.12. The molecular weight excluding hydrogens is 250 g/mol. The Kier molecular flexibility index (Phi) is 6.36. The average molecular weight is 272 g/mol. The first-order chi connectivity index (χ1) is 8.60. The number of hydrogen-bond donors (Lipinski definition) is 0. The van der Waals surface area contributed by atoms with Gasteiger partial charge in [0.05, 0.1) is 30.1 Å². The van der Waals surface area contributed by atoms with Gasteiger partial charge < -0.3 is 9.64 Å². The topological polar surface area (TPSA) is 38.2 Å². The first kappa shape index (κ1) is 15.2. The Bertz CT molecular complexity index is 371. The lowest BCUT2D eigenvalue weighted by molar-refractivity contribution is 0.154. The summed E-state index contributed by atoms with van der Waals surface area (Å²) in [5.41, 5.74) is 1.86. The first-order valence-corrected chi connectivity index (χ1v) is 6.84. The highest BCUT2D eigenvalue weighted by atomic mass is 35.5. The van der Waals surface area contributed by atoms with E-state index in [2.05, 4.69) is 28.7 Å². The molecule has 0 atom stereocenters. The summed E-state index contributed by atoms with van der Waals surface area (Å²) in [6.07, 6.45) is 1.85. The Morgan fingerprint density at radius 2 is 2.17 bits per heavy atom. The third-order valence-electron chi connectivity index (χ3n) is 2.69. The van der Waals surface area contributed by atoms with E-state index >= 15 is 0 Å². The van der Waals surface area contributed by atoms with E-state index in [-0.39, 0.29) is 0 Å². The fraction of sp³-hybridized carbons (Fsp3) is 0.692. The van der Waals surface area contributed by atoms with Crippen molar-refractivity contribution >= 4 is 17.3 Å². The fourth-order valence-electron chi connectivity index (χ4n) is 1.59. The molecule has 0 fully saturated rings. The van der Waals surface area contributed by atoms with Gasteiger partial charge in [-0.2, -0.15) is 0 Å². The number of anilines is 1. The monoisotopic (exact) mass is 271 g/mol. The molecule has 0 bridgehead atoms. The third-order valence-corrected chi connectivity index (χ3v) is 2.95. The molecule has 0 aliphatic carbocycles. The summed E-state index contributed by atoms with van der Waals surface area (Å²) in [7, 11) is 2.00. The molecule has 1 aromatic rings. The molecule has 18 heavy (non-hydrogen) atoms. The van der Waals surface area contributed by atoms with Crippen LogP contribution in [0.15, 0.2) is 6.20 Å². The van der Waals surface area contributed by atoms with E-state index in [4.69, 9.17) is 16.3 Å². The van der Waals surface area contributed by atoms with Crippen LogP contribution in [0.2, 0.25) is 0 Å². The predicted octanol–water partition coefficient (Wildman–Crippen LogP) is 2.81. The van der Waals surface area contributed by atoms with Gasteiger partial charge in [-0.15, -0.1) is 11.6 Å². The molecule has 1 heterocycles. The van der Waals surface area contributed by atoms with Gasteiger partial charge in [0.2, 0.25) is 0 Å². The van der Waals surface area contributed by atoms with Gasteiger partial charge in [0, 0.05) is 26.1 Å². The first-order valence-electron chi connectivity index (χ1n) is 6.30. The van der Waals surface area contributed by atoms with E-state index in [1.54, 1.807) is 0 Å². The molecule has 1 aromatic heterocycles. The van der Waals surface area contributed by atoms with Gasteiger partial charge in [-0.25, -0.2) is 9.97 Å². The van der Waals surface area contributed by atoms with Crippen molar-refractivity contribution in [3.63, 3.8) is 0 Å². The van der Waals surface area contributed by atoms with Gasteiger partial charge in [-0.05, 0) is 6.92 Å². The Hall–Kier alpha value is -0.870. The van der Waals surface area contributed by atoms with Gasteiger partial charge in [0.15, 0.2) is 0 Å². The Morgan fingerprint density at radius 3 is 2.72 bits per heavy atom. The van der Waals surface area contributed by atoms with Crippen LogP contribution in [0.25, 0.3) is 0 Å². The molecule has 0 amide bonds. The van der Waals surface area contributed by atoms with Crippen LogP contribution in [-0.4, -0.2) is 36.8 Å². The summed E-state index contributed by atoms with van der Waals surface area (Å²) in [5.74, 6) is 1.55. The van der Waals surface area contributed by atoms with Crippen molar-refractivity contribution in [1.29, 1.82) is 0 Å². The van der Waals surface area contributed by atoms with Crippen molar-refractivity contribution in [2.24, 2.45) is 0 Å². The van der Waals surface area contributed by atoms with Crippen molar-refractivity contribution in [2.75, 3.05) is 31.7 Å². The van der Waals surface area contributed by atoms with Crippen LogP contribution in [0.4, 0.5) is 5.69 Å². The number of aromatic nitrogens is 2. The summed E-state index contributed by atoms with van der Waals surface area (Å²) in [4.78, 5) is 11.0. The summed E-state index contributed by atoms with van der Waals surface area (Å²) in [6, 6.07) is 0. The standard InChI is InChI=1S/C13H22ClN3O/c1-5-18-7-6-17(4)12-9-15-13(10(2)3)16-11(12)8-14/h9-10H,5-8H2,1-4H3. The second-order valence-corrected chi connectivity index (χ2v) is 4.73. The molecule has 0 spiro atoms. The maximum atomic E-state index is 5.97. The highest BCUT2D eigenvalue weighted by Crippen LogP contribution is 2.20. The van der Waals surface area contributed by atoms with Gasteiger partial charge in [0.25, 0.3) is 0 Å². The Labute approximate surface area is 114 Å². The average Bonchev–Trinajstić information content (AvgIpc) is 2.38. The van der Waals surface area contributed by atoms with E-state index in [1.165, 1.54) is 0 Å². The van der Waals surface area contributed by atoms with Gasteiger partial charge in [-0.1, -0.05) is 13.8 Å². The number of hydrogen-bond acceptors (Lipinski definition) is 4. The van der Waals surface area contributed by atoms with Crippen LogP contribution in [-0.2, 0) is 10.6 Å². The van der Waals surface area contributed by atoms with E-state index in [0.717, 1.165) is 30.4 Å². The molecule has 5 heteroatoms. The number of likely N-dealkylation sites (N-methyl/N-ethyl adjacent to an activating group) is 1. The predicted molar refractivity (Wildman–Crippen MR) is 75.4 cm³/mol. The molecule has 4 nitrogen and oxygen atoms in total. The number of halogens is 1. The summed E-state index contributed by atoms with van der Waals surface area (Å²) < 4.78 is 5.35. The Balaban J connectivity index is 2.81. The Morgan fingerprint density at radius 1 is 1.44 bits per heavy atom. The number of rotatable bonds is 7. The van der Waals surface area contributed by atoms with Crippen LogP contribution in [0.3, 0.4) is 0 Å². The lowest BCUT2D eigenvalue weighted by Gasteiger charge is -2.21. The van der Waals surface area contributed by atoms with E-state index < -0.39 is 0 Å². The van der Waals surface area contributed by atoms with Crippen LogP contribution >= 0.6 is 11.6 Å². The number of alkyl halides is 1. The maximum Gasteiger partial charge on any atom is 0.131 e. The van der Waals surface area contributed by atoms with Gasteiger partial charge in [-0.3, -0.25) is 0 Å². The zero-order valence-electron chi connectivity index (χ0n) is 11.6. The van der Waals surface area contributed by atoms with Crippen LogP contribution in [0.1, 0.15) is 38.2 Å². The lowest BCUT2D eigenvalue weighted by Crippen LogP contribution is -2.24. The largest absolute Gasteiger partial charge is 0.380 e. The molecule has 102 valence electrons. The van der Waals surface area contributed by atoms with E-state index in [9.17, 15) is 0 Å². The molecular formula is C13H22ClN3O. The smallest absolute Gasteiger partial charge is 0.131 e. The van der Waals surface area contributed by atoms with Crippen molar-refractivity contribution in [1.82, 2.24) is 9.97 Å². The molecule has 0 radical (unpaired) electrons. The van der Waals surface area contributed by atoms with E-state index in [0.29, 0.717) is 18.4 Å². The molecule has 0 aromatic carbocycles. The van der Waals surface area contributed by atoms with Crippen molar-refractivity contribution in [2.45, 2.75) is 32.6 Å². The zero-order chi connectivity index (χ0) is 13.5. The summed E-state index contributed by atoms with van der Waals surface area (Å²) in [5, 5.41) is 0. The molecule has 0 saturated heterocycles. The highest BCUT2D eigenvalue weighted by molar-refractivity contribution is 6.17. The fourth-order valence-corrected chi connectivity index (χ4v) is 1.78. The number of nitrogens with zero attached hydrogens (tertiary/aromatic N) is 3. The van der Waals surface area contributed by atoms with Crippen LogP contribution in [0, 0.1) is 0 Å². The van der Waals surface area contributed by atoms with E-state index in [1.807, 2.05) is 20.2 Å². The minimum Gasteiger partial charge on any atom is -0.380 e. The van der Waals surface area contributed by atoms with Crippen LogP contribution in [0.5, 0.6) is 0 Å². The second-order valence-electron chi connectivity index (χ2n) is 4.47. The summed E-state index contributed by atoms with van der Waals surface area (Å²) >= 11 is 5.97. The van der Waals surface area contributed by atoms with Crippen molar-refractivity contribution in [3.8, 4) is 0 Å². The minimum atomic E-state index is 0.315. The third kappa shape index (κ3) is 4.10. The van der Waals surface area contributed by atoms with Crippen LogP contribution < -0.4 is 4.90 Å². The zero-order valence-corrected chi connectivity index (χ0v) is 12.4. The molecule has 0 aliphatic rings. The quantitative estimate of drug-likeness (QED) is 0.565. The molecule has 0 N–H and O–H groups in total. The van der Waals surface area contributed by atoms with Crippen molar-refractivity contribution in [3.05, 3.63) is 17.7 Å². The van der Waals surface area contributed by atoms with Gasteiger partial charge in [0.1, 0.15) is 5.82 Å². The minimum absolute atomic E-state index is 0.315. The SMILES string of the molecule is CCOCCN(C)c1cnc(C(C)C)nc1CCl. The summed E-state index contributed by atoms with van der Waals surface area (Å²) in [6.45, 7) is 8.38. The molecule has 0 aliphatic heterocycles. The lowest BCUT2D eigenvalue weighted by atomic mass is 10.2. The number of ether oxygens (including phenoxy) is 1. The van der Waals surface area contributed by atoms with Crippen molar-refractivity contribution < 1.29 is 4.74 Å². The molecule has 1 rings (SSSR count). The second kappa shape index (κ2) is 7.54.